The van der Waals surface area contributed by atoms with Crippen LogP contribution in [-0.4, -0.2) is 54.7 Å². The van der Waals surface area contributed by atoms with Gasteiger partial charge in [0, 0.05) is 43.7 Å². The number of carbonyl (C=O) groups excluding carboxylic acids is 2. The van der Waals surface area contributed by atoms with Gasteiger partial charge in [-0.3, -0.25) is 9.59 Å². The number of amides is 1. The first-order valence-corrected chi connectivity index (χ1v) is 6.73. The Bertz CT molecular complexity index is 460. The Kier molecular flexibility index (Phi) is 4.32. The lowest BCUT2D eigenvalue weighted by atomic mass is 10.1. The summed E-state index contributed by atoms with van der Waals surface area (Å²) in [4.78, 5) is 27.9. The number of Topliss-reactive ketones (excluding diaryl/α,β-unsaturated/α-hetero) is 1. The van der Waals surface area contributed by atoms with Crippen LogP contribution in [0.4, 0.5) is 0 Å². The fourth-order valence-corrected chi connectivity index (χ4v) is 2.19. The molecule has 0 spiro atoms. The van der Waals surface area contributed by atoms with Gasteiger partial charge in [0.1, 0.15) is 0 Å². The molecule has 0 bridgehead atoms. The second-order valence-electron chi connectivity index (χ2n) is 4.95. The molecule has 0 radical (unpaired) electrons. The summed E-state index contributed by atoms with van der Waals surface area (Å²) in [5, 5.41) is 0. The fraction of sp³-hybridized carbons (Fsp3) is 0.467. The number of carbonyl (C=O) groups is 2. The van der Waals surface area contributed by atoms with E-state index in [1.165, 1.54) is 0 Å². The molecule has 0 N–H and O–H groups in total. The van der Waals surface area contributed by atoms with Gasteiger partial charge in [0.15, 0.2) is 5.78 Å². The Balaban J connectivity index is 2.05. The van der Waals surface area contributed by atoms with E-state index in [1.807, 2.05) is 11.8 Å². The summed E-state index contributed by atoms with van der Waals surface area (Å²) in [6.07, 6.45) is 0.492. The molecule has 0 aliphatic carbocycles. The second-order valence-corrected chi connectivity index (χ2v) is 4.95. The summed E-state index contributed by atoms with van der Waals surface area (Å²) < 4.78 is 0. The zero-order valence-electron chi connectivity index (χ0n) is 11.6. The highest BCUT2D eigenvalue weighted by Gasteiger charge is 2.20. The van der Waals surface area contributed by atoms with Crippen LogP contribution in [0.5, 0.6) is 0 Å². The van der Waals surface area contributed by atoms with E-state index < -0.39 is 0 Å². The summed E-state index contributed by atoms with van der Waals surface area (Å²) in [7, 11) is 2.06. The van der Waals surface area contributed by atoms with Crippen molar-refractivity contribution >= 4 is 11.7 Å². The van der Waals surface area contributed by atoms with E-state index in [4.69, 9.17) is 0 Å². The van der Waals surface area contributed by atoms with E-state index in [0.29, 0.717) is 17.5 Å². The Morgan fingerprint density at radius 2 is 1.53 bits per heavy atom. The smallest absolute Gasteiger partial charge is 0.253 e. The molecular weight excluding hydrogens is 240 g/mol. The lowest BCUT2D eigenvalue weighted by molar-refractivity contribution is 0.0663. The number of hydrogen-bond acceptors (Lipinski definition) is 3. The van der Waals surface area contributed by atoms with Crippen LogP contribution in [0.1, 0.15) is 34.1 Å². The van der Waals surface area contributed by atoms with Gasteiger partial charge in [-0.15, -0.1) is 0 Å². The van der Waals surface area contributed by atoms with Gasteiger partial charge >= 0.3 is 0 Å². The summed E-state index contributed by atoms with van der Waals surface area (Å²) in [6, 6.07) is 7.00. The van der Waals surface area contributed by atoms with Gasteiger partial charge in [0.05, 0.1) is 0 Å². The van der Waals surface area contributed by atoms with Crippen molar-refractivity contribution < 1.29 is 9.59 Å². The van der Waals surface area contributed by atoms with Crippen molar-refractivity contribution in [3.63, 3.8) is 0 Å². The maximum absolute atomic E-state index is 12.3. The van der Waals surface area contributed by atoms with Crippen molar-refractivity contribution in [1.82, 2.24) is 9.80 Å². The number of rotatable bonds is 3. The summed E-state index contributed by atoms with van der Waals surface area (Å²) in [5.41, 5.74) is 1.34. The molecule has 1 heterocycles. The Labute approximate surface area is 114 Å². The van der Waals surface area contributed by atoms with Gasteiger partial charge in [-0.25, -0.2) is 0 Å². The Morgan fingerprint density at radius 1 is 1.00 bits per heavy atom. The van der Waals surface area contributed by atoms with Crippen molar-refractivity contribution in [2.45, 2.75) is 13.3 Å². The molecule has 0 atom stereocenters. The summed E-state index contributed by atoms with van der Waals surface area (Å²) in [6.45, 7) is 5.21. The van der Waals surface area contributed by atoms with Crippen LogP contribution in [-0.2, 0) is 0 Å². The van der Waals surface area contributed by atoms with E-state index in [2.05, 4.69) is 11.9 Å². The van der Waals surface area contributed by atoms with E-state index in [-0.39, 0.29) is 11.7 Å². The first-order valence-electron chi connectivity index (χ1n) is 6.73. The van der Waals surface area contributed by atoms with Crippen LogP contribution in [0, 0.1) is 0 Å². The Morgan fingerprint density at radius 3 is 2.05 bits per heavy atom. The molecule has 1 amide bonds. The van der Waals surface area contributed by atoms with Crippen LogP contribution in [0.3, 0.4) is 0 Å². The lowest BCUT2D eigenvalue weighted by Gasteiger charge is -2.32. The quantitative estimate of drug-likeness (QED) is 0.776. The largest absolute Gasteiger partial charge is 0.336 e. The molecular formula is C15H20N2O2. The number of piperazine rings is 1. The minimum atomic E-state index is 0.0589. The molecule has 19 heavy (non-hydrogen) atoms. The molecule has 1 fully saturated rings. The number of ketones is 1. The molecule has 1 aromatic carbocycles. The van der Waals surface area contributed by atoms with Gasteiger partial charge in [0.2, 0.25) is 0 Å². The topological polar surface area (TPSA) is 40.6 Å². The van der Waals surface area contributed by atoms with Crippen LogP contribution >= 0.6 is 0 Å². The van der Waals surface area contributed by atoms with Crippen molar-refractivity contribution in [3.05, 3.63) is 35.4 Å². The van der Waals surface area contributed by atoms with Crippen molar-refractivity contribution in [1.29, 1.82) is 0 Å². The van der Waals surface area contributed by atoms with E-state index in [0.717, 1.165) is 26.2 Å². The van der Waals surface area contributed by atoms with Crippen LogP contribution in [0.15, 0.2) is 24.3 Å². The average Bonchev–Trinajstić information content (AvgIpc) is 2.46. The summed E-state index contributed by atoms with van der Waals surface area (Å²) in [5.74, 6) is 0.169. The Hall–Kier alpha value is -1.68. The third-order valence-electron chi connectivity index (χ3n) is 3.57. The number of benzene rings is 1. The predicted molar refractivity (Wildman–Crippen MR) is 74.5 cm³/mol. The minimum Gasteiger partial charge on any atom is -0.336 e. The lowest BCUT2D eigenvalue weighted by Crippen LogP contribution is -2.47. The van der Waals surface area contributed by atoms with Crippen molar-refractivity contribution in [3.8, 4) is 0 Å². The number of nitrogens with zero attached hydrogens (tertiary/aromatic N) is 2. The minimum absolute atomic E-state index is 0.0589. The monoisotopic (exact) mass is 260 g/mol. The highest BCUT2D eigenvalue weighted by atomic mass is 16.2. The highest BCUT2D eigenvalue weighted by molar-refractivity contribution is 5.98. The average molecular weight is 260 g/mol. The third-order valence-corrected chi connectivity index (χ3v) is 3.57. The third kappa shape index (κ3) is 3.20. The van der Waals surface area contributed by atoms with Gasteiger partial charge in [-0.2, -0.15) is 0 Å². The molecule has 1 saturated heterocycles. The fourth-order valence-electron chi connectivity index (χ4n) is 2.19. The van der Waals surface area contributed by atoms with E-state index in [1.54, 1.807) is 24.3 Å². The van der Waals surface area contributed by atoms with Gasteiger partial charge in [-0.05, 0) is 19.2 Å². The van der Waals surface area contributed by atoms with Crippen molar-refractivity contribution in [2.75, 3.05) is 33.2 Å². The molecule has 0 saturated carbocycles. The SMILES string of the molecule is CCC(=O)c1ccc(C(=O)N2CCN(C)CC2)cc1. The van der Waals surface area contributed by atoms with Gasteiger partial charge in [-0.1, -0.05) is 19.1 Å². The normalized spacial score (nSPS) is 16.4. The molecule has 0 aromatic heterocycles. The highest BCUT2D eigenvalue weighted by Crippen LogP contribution is 2.11. The van der Waals surface area contributed by atoms with Crippen molar-refractivity contribution in [2.24, 2.45) is 0 Å². The number of hydrogen-bond donors (Lipinski definition) is 0. The maximum Gasteiger partial charge on any atom is 0.253 e. The first kappa shape index (κ1) is 13.7. The molecule has 4 nitrogen and oxygen atoms in total. The predicted octanol–water partition coefficient (Wildman–Crippen LogP) is 1.67. The molecule has 1 aliphatic rings. The second kappa shape index (κ2) is 5.97. The van der Waals surface area contributed by atoms with Gasteiger partial charge in [0.25, 0.3) is 5.91 Å². The van der Waals surface area contributed by atoms with Gasteiger partial charge < -0.3 is 9.80 Å². The summed E-state index contributed by atoms with van der Waals surface area (Å²) >= 11 is 0. The number of likely N-dealkylation sites (N-methyl/N-ethyl adjacent to an activating group) is 1. The van der Waals surface area contributed by atoms with E-state index >= 15 is 0 Å². The van der Waals surface area contributed by atoms with Crippen LogP contribution in [0.2, 0.25) is 0 Å². The molecule has 1 aliphatic heterocycles. The zero-order valence-corrected chi connectivity index (χ0v) is 11.6. The van der Waals surface area contributed by atoms with Crippen LogP contribution in [0.25, 0.3) is 0 Å². The molecule has 4 heteroatoms. The first-order chi connectivity index (χ1) is 9.11. The maximum atomic E-state index is 12.3. The van der Waals surface area contributed by atoms with E-state index in [9.17, 15) is 9.59 Å². The molecule has 102 valence electrons. The zero-order chi connectivity index (χ0) is 13.8. The molecule has 1 aromatic rings. The van der Waals surface area contributed by atoms with Crippen LogP contribution < -0.4 is 0 Å². The standard InChI is InChI=1S/C15H20N2O2/c1-3-14(18)12-4-6-13(7-5-12)15(19)17-10-8-16(2)9-11-17/h4-7H,3,8-11H2,1-2H3. The molecule has 0 unspecified atom stereocenters. The molecule has 2 rings (SSSR count).